The molecule has 2 unspecified atom stereocenters. The summed E-state index contributed by atoms with van der Waals surface area (Å²) in [5.74, 6) is 1.01. The zero-order valence-corrected chi connectivity index (χ0v) is 11.3. The number of hydrogen-bond donors (Lipinski definition) is 2. The molecule has 1 amide bonds. The van der Waals surface area contributed by atoms with Crippen LogP contribution in [0.15, 0.2) is 0 Å². The van der Waals surface area contributed by atoms with Gasteiger partial charge in [-0.2, -0.15) is 0 Å². The molecule has 0 radical (unpaired) electrons. The molecule has 1 heterocycles. The topological polar surface area (TPSA) is 60.8 Å². The van der Waals surface area contributed by atoms with Crippen molar-refractivity contribution in [1.29, 1.82) is 0 Å². The van der Waals surface area contributed by atoms with Crippen LogP contribution in [0.4, 0.5) is 0 Å². The number of carbonyl (C=O) groups is 1. The Balaban J connectivity index is 2.30. The number of aliphatic hydroxyl groups excluding tert-OH is 2. The lowest BCUT2D eigenvalue weighted by Gasteiger charge is -2.35. The van der Waals surface area contributed by atoms with Crippen molar-refractivity contribution >= 4 is 17.7 Å². The number of carbonyl (C=O) groups excluding carboxylic acids is 1. The van der Waals surface area contributed by atoms with Crippen LogP contribution in [-0.4, -0.2) is 57.8 Å². The predicted octanol–water partition coefficient (Wildman–Crippen LogP) is 0.864. The summed E-state index contributed by atoms with van der Waals surface area (Å²) in [5, 5.41) is 17.9. The van der Waals surface area contributed by atoms with Gasteiger partial charge in [0.2, 0.25) is 5.91 Å². The Bertz CT molecular complexity index is 238. The fourth-order valence-electron chi connectivity index (χ4n) is 2.17. The van der Waals surface area contributed by atoms with Gasteiger partial charge in [0.05, 0.1) is 18.5 Å². The SMILES string of the molecule is CCC1CCCCN1C(=O)CSCC(O)CO. The minimum atomic E-state index is -0.712. The van der Waals surface area contributed by atoms with Crippen LogP contribution in [0.3, 0.4) is 0 Å². The molecule has 1 fully saturated rings. The van der Waals surface area contributed by atoms with Crippen LogP contribution in [0.25, 0.3) is 0 Å². The number of likely N-dealkylation sites (tertiary alicyclic amines) is 1. The first-order valence-corrected chi connectivity index (χ1v) is 7.50. The molecule has 4 nitrogen and oxygen atoms in total. The summed E-state index contributed by atoms with van der Waals surface area (Å²) in [6.07, 6.45) is 3.75. The molecule has 0 bridgehead atoms. The number of nitrogens with zero attached hydrogens (tertiary/aromatic N) is 1. The Hall–Kier alpha value is -0.260. The third kappa shape index (κ3) is 4.85. The highest BCUT2D eigenvalue weighted by molar-refractivity contribution is 7.99. The lowest BCUT2D eigenvalue weighted by Crippen LogP contribution is -2.44. The molecule has 5 heteroatoms. The Kier molecular flexibility index (Phi) is 6.92. The summed E-state index contributed by atoms with van der Waals surface area (Å²) in [4.78, 5) is 14.0. The Morgan fingerprint density at radius 1 is 1.53 bits per heavy atom. The average molecular weight is 261 g/mol. The summed E-state index contributed by atoms with van der Waals surface area (Å²) in [5.41, 5.74) is 0. The summed E-state index contributed by atoms with van der Waals surface area (Å²) in [6.45, 7) is 2.77. The van der Waals surface area contributed by atoms with Gasteiger partial charge in [0, 0.05) is 18.3 Å². The third-order valence-corrected chi connectivity index (χ3v) is 4.24. The zero-order chi connectivity index (χ0) is 12.7. The quantitative estimate of drug-likeness (QED) is 0.744. The van der Waals surface area contributed by atoms with Crippen molar-refractivity contribution in [3.63, 3.8) is 0 Å². The van der Waals surface area contributed by atoms with Crippen LogP contribution in [0.5, 0.6) is 0 Å². The molecule has 1 aliphatic rings. The molecule has 100 valence electrons. The van der Waals surface area contributed by atoms with E-state index in [0.29, 0.717) is 17.5 Å². The smallest absolute Gasteiger partial charge is 0.232 e. The molecular weight excluding hydrogens is 238 g/mol. The van der Waals surface area contributed by atoms with Gasteiger partial charge in [0.1, 0.15) is 0 Å². The molecule has 2 atom stereocenters. The molecule has 0 aromatic carbocycles. The van der Waals surface area contributed by atoms with Crippen molar-refractivity contribution in [2.24, 2.45) is 0 Å². The minimum absolute atomic E-state index is 0.173. The molecule has 1 saturated heterocycles. The van der Waals surface area contributed by atoms with Gasteiger partial charge in [0.25, 0.3) is 0 Å². The second kappa shape index (κ2) is 7.95. The monoisotopic (exact) mass is 261 g/mol. The maximum atomic E-state index is 12.0. The normalized spacial score (nSPS) is 22.5. The Morgan fingerprint density at radius 3 is 2.94 bits per heavy atom. The zero-order valence-electron chi connectivity index (χ0n) is 10.5. The number of piperidine rings is 1. The summed E-state index contributed by atoms with van der Waals surface area (Å²) in [6, 6.07) is 0.402. The van der Waals surface area contributed by atoms with E-state index in [9.17, 15) is 9.90 Å². The van der Waals surface area contributed by atoms with E-state index in [1.807, 2.05) is 4.90 Å². The standard InChI is InChI=1S/C12H23NO3S/c1-2-10-5-3-4-6-13(10)12(16)9-17-8-11(15)7-14/h10-11,14-15H,2-9H2,1H3. The number of hydrogen-bond acceptors (Lipinski definition) is 4. The molecule has 17 heavy (non-hydrogen) atoms. The van der Waals surface area contributed by atoms with Crippen LogP contribution in [0, 0.1) is 0 Å². The first-order valence-electron chi connectivity index (χ1n) is 6.35. The third-order valence-electron chi connectivity index (χ3n) is 3.17. The molecule has 1 aliphatic heterocycles. The van der Waals surface area contributed by atoms with Crippen LogP contribution in [-0.2, 0) is 4.79 Å². The molecule has 0 saturated carbocycles. The van der Waals surface area contributed by atoms with Crippen molar-refractivity contribution in [2.45, 2.75) is 44.8 Å². The molecule has 0 aromatic heterocycles. The Labute approximate surface area is 107 Å². The van der Waals surface area contributed by atoms with Gasteiger partial charge < -0.3 is 15.1 Å². The van der Waals surface area contributed by atoms with Crippen LogP contribution >= 0.6 is 11.8 Å². The van der Waals surface area contributed by atoms with E-state index in [2.05, 4.69) is 6.92 Å². The van der Waals surface area contributed by atoms with Crippen molar-refractivity contribution in [2.75, 3.05) is 24.7 Å². The van der Waals surface area contributed by atoms with Crippen LogP contribution in [0.2, 0.25) is 0 Å². The van der Waals surface area contributed by atoms with E-state index in [1.165, 1.54) is 18.2 Å². The van der Waals surface area contributed by atoms with Gasteiger partial charge in [-0.05, 0) is 25.7 Å². The van der Waals surface area contributed by atoms with Crippen LogP contribution in [0.1, 0.15) is 32.6 Å². The maximum Gasteiger partial charge on any atom is 0.232 e. The molecule has 0 aromatic rings. The summed E-state index contributed by atoms with van der Waals surface area (Å²) < 4.78 is 0. The van der Waals surface area contributed by atoms with Crippen molar-refractivity contribution in [1.82, 2.24) is 4.90 Å². The highest BCUT2D eigenvalue weighted by Gasteiger charge is 2.24. The van der Waals surface area contributed by atoms with Crippen molar-refractivity contribution in [3.05, 3.63) is 0 Å². The van der Waals surface area contributed by atoms with Gasteiger partial charge in [-0.1, -0.05) is 6.92 Å². The van der Waals surface area contributed by atoms with E-state index < -0.39 is 6.10 Å². The molecular formula is C12H23NO3S. The molecule has 1 rings (SSSR count). The van der Waals surface area contributed by atoms with Gasteiger partial charge in [-0.3, -0.25) is 4.79 Å². The molecule has 2 N–H and O–H groups in total. The summed E-state index contributed by atoms with van der Waals surface area (Å²) in [7, 11) is 0. The van der Waals surface area contributed by atoms with Gasteiger partial charge >= 0.3 is 0 Å². The second-order valence-electron chi connectivity index (χ2n) is 4.50. The van der Waals surface area contributed by atoms with E-state index in [-0.39, 0.29) is 12.5 Å². The second-order valence-corrected chi connectivity index (χ2v) is 5.53. The number of aliphatic hydroxyl groups is 2. The molecule has 0 spiro atoms. The lowest BCUT2D eigenvalue weighted by atomic mass is 10.0. The van der Waals surface area contributed by atoms with Crippen molar-refractivity contribution < 1.29 is 15.0 Å². The number of thioether (sulfide) groups is 1. The van der Waals surface area contributed by atoms with Crippen LogP contribution < -0.4 is 0 Å². The van der Waals surface area contributed by atoms with E-state index >= 15 is 0 Å². The van der Waals surface area contributed by atoms with Gasteiger partial charge in [-0.25, -0.2) is 0 Å². The molecule has 0 aliphatic carbocycles. The largest absolute Gasteiger partial charge is 0.394 e. The minimum Gasteiger partial charge on any atom is -0.394 e. The number of rotatable bonds is 6. The number of amides is 1. The average Bonchev–Trinajstić information content (AvgIpc) is 2.38. The fourth-order valence-corrected chi connectivity index (χ4v) is 3.01. The lowest BCUT2D eigenvalue weighted by molar-refractivity contribution is -0.132. The first kappa shape index (κ1) is 14.8. The van der Waals surface area contributed by atoms with E-state index in [1.54, 1.807) is 0 Å². The predicted molar refractivity (Wildman–Crippen MR) is 70.1 cm³/mol. The summed E-state index contributed by atoms with van der Waals surface area (Å²) >= 11 is 1.40. The van der Waals surface area contributed by atoms with Gasteiger partial charge in [-0.15, -0.1) is 11.8 Å². The highest BCUT2D eigenvalue weighted by Crippen LogP contribution is 2.20. The van der Waals surface area contributed by atoms with E-state index in [4.69, 9.17) is 5.11 Å². The van der Waals surface area contributed by atoms with E-state index in [0.717, 1.165) is 25.8 Å². The Morgan fingerprint density at radius 2 is 2.29 bits per heavy atom. The first-order chi connectivity index (χ1) is 8.19. The van der Waals surface area contributed by atoms with Gasteiger partial charge in [0.15, 0.2) is 0 Å². The van der Waals surface area contributed by atoms with Crippen molar-refractivity contribution in [3.8, 4) is 0 Å². The highest BCUT2D eigenvalue weighted by atomic mass is 32.2. The maximum absolute atomic E-state index is 12.0. The fraction of sp³-hybridized carbons (Fsp3) is 0.917.